The number of urea groups is 1. The van der Waals surface area contributed by atoms with E-state index >= 15 is 0 Å². The lowest BCUT2D eigenvalue weighted by Gasteiger charge is -2.29. The summed E-state index contributed by atoms with van der Waals surface area (Å²) in [6.45, 7) is 5.64. The van der Waals surface area contributed by atoms with Gasteiger partial charge in [-0.05, 0) is 44.5 Å². The van der Waals surface area contributed by atoms with Crippen LogP contribution < -0.4 is 25.4 Å². The molecule has 7 nitrogen and oxygen atoms in total. The van der Waals surface area contributed by atoms with Crippen LogP contribution in [-0.2, 0) is 4.79 Å². The summed E-state index contributed by atoms with van der Waals surface area (Å²) in [7, 11) is 3.10. The first kappa shape index (κ1) is 20.3. The third-order valence-electron chi connectivity index (χ3n) is 4.90. The first-order valence-electron chi connectivity index (χ1n) is 9.23. The summed E-state index contributed by atoms with van der Waals surface area (Å²) in [5.74, 6) is 0.832. The lowest BCUT2D eigenvalue weighted by molar-refractivity contribution is -0.113. The Morgan fingerprint density at radius 1 is 1.03 bits per heavy atom. The van der Waals surface area contributed by atoms with E-state index in [0.29, 0.717) is 28.3 Å². The molecule has 0 saturated heterocycles. The van der Waals surface area contributed by atoms with E-state index in [0.717, 1.165) is 16.8 Å². The van der Waals surface area contributed by atoms with Gasteiger partial charge < -0.3 is 25.4 Å². The van der Waals surface area contributed by atoms with E-state index in [4.69, 9.17) is 9.47 Å². The van der Waals surface area contributed by atoms with Gasteiger partial charge in [0.05, 0.1) is 25.8 Å². The minimum absolute atomic E-state index is 0.301. The molecule has 29 heavy (non-hydrogen) atoms. The van der Waals surface area contributed by atoms with E-state index in [9.17, 15) is 9.59 Å². The molecule has 0 bridgehead atoms. The van der Waals surface area contributed by atoms with Crippen LogP contribution in [0, 0.1) is 13.8 Å². The van der Waals surface area contributed by atoms with Gasteiger partial charge in [0, 0.05) is 23.0 Å². The van der Waals surface area contributed by atoms with Crippen LogP contribution in [0.5, 0.6) is 11.5 Å². The second-order valence-electron chi connectivity index (χ2n) is 6.95. The van der Waals surface area contributed by atoms with E-state index in [1.807, 2.05) is 32.0 Å². The topological polar surface area (TPSA) is 88.7 Å². The smallest absolute Gasteiger partial charge is 0.319 e. The molecule has 1 unspecified atom stereocenters. The Balaban J connectivity index is 2.01. The van der Waals surface area contributed by atoms with Crippen LogP contribution in [0.2, 0.25) is 0 Å². The molecule has 1 atom stereocenters. The molecule has 2 aromatic carbocycles. The Labute approximate surface area is 170 Å². The normalized spacial score (nSPS) is 16.0. The van der Waals surface area contributed by atoms with Crippen molar-refractivity contribution in [3.63, 3.8) is 0 Å². The molecule has 2 aromatic rings. The first-order chi connectivity index (χ1) is 13.8. The van der Waals surface area contributed by atoms with Crippen molar-refractivity contribution in [2.75, 3.05) is 19.5 Å². The number of allylic oxidation sites excluding steroid dienone is 1. The molecule has 0 aliphatic carbocycles. The summed E-state index contributed by atoms with van der Waals surface area (Å²) in [6, 6.07) is 10.0. The molecule has 0 fully saturated rings. The maximum Gasteiger partial charge on any atom is 0.319 e. The number of hydrogen-bond acceptors (Lipinski definition) is 4. The summed E-state index contributed by atoms with van der Waals surface area (Å²) >= 11 is 0. The molecule has 3 amide bonds. The molecule has 3 rings (SSSR count). The highest BCUT2D eigenvalue weighted by Crippen LogP contribution is 2.35. The number of carbonyl (C=O) groups is 2. The van der Waals surface area contributed by atoms with Crippen molar-refractivity contribution >= 4 is 17.6 Å². The molecule has 1 heterocycles. The van der Waals surface area contributed by atoms with Crippen LogP contribution in [0.25, 0.3) is 0 Å². The number of rotatable bonds is 5. The third-order valence-corrected chi connectivity index (χ3v) is 4.90. The highest BCUT2D eigenvalue weighted by molar-refractivity contribution is 6.07. The highest BCUT2D eigenvalue weighted by atomic mass is 16.5. The van der Waals surface area contributed by atoms with Crippen molar-refractivity contribution in [3.8, 4) is 11.5 Å². The van der Waals surface area contributed by atoms with Crippen molar-refractivity contribution in [2.24, 2.45) is 0 Å². The van der Waals surface area contributed by atoms with Gasteiger partial charge in [0.15, 0.2) is 0 Å². The number of methoxy groups -OCH3 is 2. The summed E-state index contributed by atoms with van der Waals surface area (Å²) in [5.41, 5.74) is 4.35. The summed E-state index contributed by atoms with van der Waals surface area (Å²) in [4.78, 5) is 25.3. The maximum absolute atomic E-state index is 13.2. The molecule has 1 aliphatic rings. The quantitative estimate of drug-likeness (QED) is 0.722. The number of ether oxygens (including phenoxy) is 2. The zero-order valence-corrected chi connectivity index (χ0v) is 17.2. The monoisotopic (exact) mass is 395 g/mol. The zero-order valence-electron chi connectivity index (χ0n) is 17.2. The van der Waals surface area contributed by atoms with Crippen molar-refractivity contribution in [1.82, 2.24) is 10.6 Å². The SMILES string of the molecule is COc1ccc(C2NC(=O)NC(C)=C2C(=O)Nc2ccc(C)cc2C)c(OC)c1. The van der Waals surface area contributed by atoms with Gasteiger partial charge in [-0.25, -0.2) is 4.79 Å². The lowest BCUT2D eigenvalue weighted by atomic mass is 9.93. The van der Waals surface area contributed by atoms with E-state index in [2.05, 4.69) is 16.0 Å². The van der Waals surface area contributed by atoms with Gasteiger partial charge in [0.25, 0.3) is 5.91 Å². The molecule has 0 spiro atoms. The minimum Gasteiger partial charge on any atom is -0.497 e. The van der Waals surface area contributed by atoms with E-state index in [1.165, 1.54) is 7.11 Å². The third kappa shape index (κ3) is 4.18. The fourth-order valence-corrected chi connectivity index (χ4v) is 3.43. The molecule has 7 heteroatoms. The first-order valence-corrected chi connectivity index (χ1v) is 9.23. The fourth-order valence-electron chi connectivity index (χ4n) is 3.43. The van der Waals surface area contributed by atoms with Crippen LogP contribution in [0.3, 0.4) is 0 Å². The molecular formula is C22H25N3O4. The average molecular weight is 395 g/mol. The predicted octanol–water partition coefficient (Wildman–Crippen LogP) is 3.59. The number of benzene rings is 2. The Morgan fingerprint density at radius 2 is 1.79 bits per heavy atom. The largest absolute Gasteiger partial charge is 0.497 e. The van der Waals surface area contributed by atoms with Crippen molar-refractivity contribution in [3.05, 3.63) is 64.4 Å². The molecule has 1 aliphatic heterocycles. The average Bonchev–Trinajstić information content (AvgIpc) is 2.68. The molecule has 152 valence electrons. The van der Waals surface area contributed by atoms with Gasteiger partial charge in [-0.3, -0.25) is 4.79 Å². The standard InChI is InChI=1S/C22H25N3O4/c1-12-6-9-17(13(2)10-12)24-21(26)19-14(3)23-22(27)25-20(19)16-8-7-15(28-4)11-18(16)29-5/h6-11,20H,1-5H3,(H,24,26)(H2,23,25,27). The minimum atomic E-state index is -0.671. The molecule has 0 aromatic heterocycles. The van der Waals surface area contributed by atoms with Crippen LogP contribution in [-0.4, -0.2) is 26.2 Å². The number of aryl methyl sites for hydroxylation is 2. The Morgan fingerprint density at radius 3 is 2.45 bits per heavy atom. The summed E-state index contributed by atoms with van der Waals surface area (Å²) in [6.07, 6.45) is 0. The Bertz CT molecular complexity index is 998. The number of amides is 3. The van der Waals surface area contributed by atoms with Gasteiger partial charge in [-0.15, -0.1) is 0 Å². The predicted molar refractivity (Wildman–Crippen MR) is 111 cm³/mol. The lowest BCUT2D eigenvalue weighted by Crippen LogP contribution is -2.46. The Kier molecular flexibility index (Phi) is 5.77. The second-order valence-corrected chi connectivity index (χ2v) is 6.95. The molecule has 0 saturated carbocycles. The van der Waals surface area contributed by atoms with Crippen molar-refractivity contribution in [1.29, 1.82) is 0 Å². The van der Waals surface area contributed by atoms with Gasteiger partial charge in [0.2, 0.25) is 0 Å². The van der Waals surface area contributed by atoms with Crippen LogP contribution in [0.15, 0.2) is 47.7 Å². The number of anilines is 1. The maximum atomic E-state index is 13.2. The highest BCUT2D eigenvalue weighted by Gasteiger charge is 2.33. The summed E-state index contributed by atoms with van der Waals surface area (Å²) < 4.78 is 10.7. The van der Waals surface area contributed by atoms with Gasteiger partial charge in [0.1, 0.15) is 11.5 Å². The van der Waals surface area contributed by atoms with Gasteiger partial charge in [-0.1, -0.05) is 17.7 Å². The van der Waals surface area contributed by atoms with E-state index < -0.39 is 6.04 Å². The van der Waals surface area contributed by atoms with Gasteiger partial charge in [-0.2, -0.15) is 0 Å². The number of hydrogen-bond donors (Lipinski definition) is 3. The Hall–Kier alpha value is -3.48. The van der Waals surface area contributed by atoms with Gasteiger partial charge >= 0.3 is 6.03 Å². The van der Waals surface area contributed by atoms with Crippen LogP contribution in [0.1, 0.15) is 29.7 Å². The number of nitrogens with one attached hydrogen (secondary N) is 3. The van der Waals surface area contributed by atoms with Crippen LogP contribution in [0.4, 0.5) is 10.5 Å². The zero-order chi connectivity index (χ0) is 21.1. The molecule has 3 N–H and O–H groups in total. The summed E-state index contributed by atoms with van der Waals surface area (Å²) in [5, 5.41) is 8.47. The molecular weight excluding hydrogens is 370 g/mol. The van der Waals surface area contributed by atoms with E-state index in [-0.39, 0.29) is 11.9 Å². The van der Waals surface area contributed by atoms with Crippen LogP contribution >= 0.6 is 0 Å². The second kappa shape index (κ2) is 8.26. The number of carbonyl (C=O) groups excluding carboxylic acids is 2. The molecule has 0 radical (unpaired) electrons. The fraction of sp³-hybridized carbons (Fsp3) is 0.273. The van der Waals surface area contributed by atoms with Crippen molar-refractivity contribution in [2.45, 2.75) is 26.8 Å². The van der Waals surface area contributed by atoms with E-state index in [1.54, 1.807) is 32.2 Å². The van der Waals surface area contributed by atoms with Crippen molar-refractivity contribution < 1.29 is 19.1 Å².